The van der Waals surface area contributed by atoms with Gasteiger partial charge in [-0.05, 0) is 24.5 Å². The Balaban J connectivity index is 1.84. The molecule has 2 heterocycles. The van der Waals surface area contributed by atoms with Gasteiger partial charge in [0.15, 0.2) is 0 Å². The predicted octanol–water partition coefficient (Wildman–Crippen LogP) is 2.60. The number of hydrogen-bond acceptors (Lipinski definition) is 5. The molecule has 19 heavy (non-hydrogen) atoms. The molecule has 1 aliphatic rings. The van der Waals surface area contributed by atoms with E-state index in [-0.39, 0.29) is 11.8 Å². The van der Waals surface area contributed by atoms with Crippen LogP contribution in [0.5, 0.6) is 0 Å². The fourth-order valence-corrected chi connectivity index (χ4v) is 2.58. The summed E-state index contributed by atoms with van der Waals surface area (Å²) >= 11 is 0. The van der Waals surface area contributed by atoms with Crippen molar-refractivity contribution >= 4 is 5.78 Å². The van der Waals surface area contributed by atoms with Crippen molar-refractivity contribution in [1.82, 2.24) is 15.1 Å². The summed E-state index contributed by atoms with van der Waals surface area (Å²) in [6, 6.07) is 3.70. The normalized spacial score (nSPS) is 23.5. The lowest BCUT2D eigenvalue weighted by Crippen LogP contribution is -2.21. The van der Waals surface area contributed by atoms with Gasteiger partial charge >= 0.3 is 0 Å². The molecule has 2 unspecified atom stereocenters. The second kappa shape index (κ2) is 4.91. The van der Waals surface area contributed by atoms with Crippen molar-refractivity contribution in [2.75, 3.05) is 0 Å². The summed E-state index contributed by atoms with van der Waals surface area (Å²) in [7, 11) is 0. The second-order valence-corrected chi connectivity index (χ2v) is 5.06. The third kappa shape index (κ3) is 2.41. The maximum atomic E-state index is 11.4. The summed E-state index contributed by atoms with van der Waals surface area (Å²) in [5.41, 5.74) is 0.893. The van der Waals surface area contributed by atoms with Crippen molar-refractivity contribution in [1.29, 1.82) is 0 Å². The molecule has 0 radical (unpaired) electrons. The highest BCUT2D eigenvalue weighted by molar-refractivity contribution is 5.79. The van der Waals surface area contributed by atoms with Gasteiger partial charge in [0.25, 0.3) is 0 Å². The first-order valence-corrected chi connectivity index (χ1v) is 6.50. The molecule has 2 aromatic rings. The van der Waals surface area contributed by atoms with E-state index in [1.807, 2.05) is 12.1 Å². The van der Waals surface area contributed by atoms with Crippen molar-refractivity contribution in [3.8, 4) is 11.4 Å². The first-order chi connectivity index (χ1) is 9.24. The fraction of sp³-hybridized carbons (Fsp3) is 0.429. The molecule has 0 N–H and O–H groups in total. The zero-order valence-electron chi connectivity index (χ0n) is 10.7. The van der Waals surface area contributed by atoms with Crippen LogP contribution in [-0.4, -0.2) is 20.9 Å². The van der Waals surface area contributed by atoms with Gasteiger partial charge in [0.1, 0.15) is 5.78 Å². The lowest BCUT2D eigenvalue weighted by molar-refractivity contribution is -0.121. The molecule has 2 atom stereocenters. The Morgan fingerprint density at radius 2 is 2.11 bits per heavy atom. The molecule has 1 saturated carbocycles. The topological polar surface area (TPSA) is 68.9 Å². The van der Waals surface area contributed by atoms with Gasteiger partial charge in [-0.15, -0.1) is 0 Å². The molecule has 3 rings (SSSR count). The largest absolute Gasteiger partial charge is 0.339 e. The summed E-state index contributed by atoms with van der Waals surface area (Å²) in [6.45, 7) is 2.07. The van der Waals surface area contributed by atoms with E-state index in [4.69, 9.17) is 4.52 Å². The van der Waals surface area contributed by atoms with Gasteiger partial charge in [-0.25, -0.2) is 0 Å². The summed E-state index contributed by atoms with van der Waals surface area (Å²) in [4.78, 5) is 19.8. The minimum atomic E-state index is 0.195. The first-order valence-electron chi connectivity index (χ1n) is 6.50. The maximum Gasteiger partial charge on any atom is 0.230 e. The molecule has 0 amide bonds. The second-order valence-electron chi connectivity index (χ2n) is 5.06. The van der Waals surface area contributed by atoms with E-state index in [1.54, 1.807) is 12.4 Å². The zero-order chi connectivity index (χ0) is 13.2. The van der Waals surface area contributed by atoms with Crippen molar-refractivity contribution in [3.05, 3.63) is 30.4 Å². The molecule has 2 aromatic heterocycles. The van der Waals surface area contributed by atoms with Crippen molar-refractivity contribution < 1.29 is 9.32 Å². The summed E-state index contributed by atoms with van der Waals surface area (Å²) < 4.78 is 5.37. The Hall–Kier alpha value is -2.04. The van der Waals surface area contributed by atoms with Gasteiger partial charge in [0, 0.05) is 36.7 Å². The van der Waals surface area contributed by atoms with Crippen LogP contribution in [0.4, 0.5) is 0 Å². The van der Waals surface area contributed by atoms with E-state index in [1.165, 1.54) is 0 Å². The van der Waals surface area contributed by atoms with E-state index in [0.717, 1.165) is 12.0 Å². The number of rotatable bonds is 2. The number of hydrogen-bond donors (Lipinski definition) is 0. The molecule has 0 aliphatic heterocycles. The average Bonchev–Trinajstić information content (AvgIpc) is 2.89. The van der Waals surface area contributed by atoms with Crippen LogP contribution in [0.15, 0.2) is 29.0 Å². The smallest absolute Gasteiger partial charge is 0.230 e. The van der Waals surface area contributed by atoms with Crippen molar-refractivity contribution in [3.63, 3.8) is 0 Å². The Kier molecular flexibility index (Phi) is 3.11. The lowest BCUT2D eigenvalue weighted by atomic mass is 9.80. The van der Waals surface area contributed by atoms with Crippen molar-refractivity contribution in [2.24, 2.45) is 5.92 Å². The van der Waals surface area contributed by atoms with Crippen LogP contribution >= 0.6 is 0 Å². The summed E-state index contributed by atoms with van der Waals surface area (Å²) in [6.07, 6.45) is 5.43. The van der Waals surface area contributed by atoms with Gasteiger partial charge in [-0.1, -0.05) is 12.1 Å². The number of nitrogens with zero attached hydrogens (tertiary/aromatic N) is 3. The molecule has 0 spiro atoms. The zero-order valence-corrected chi connectivity index (χ0v) is 10.7. The third-order valence-electron chi connectivity index (χ3n) is 3.67. The molecular weight excluding hydrogens is 242 g/mol. The summed E-state index contributed by atoms with van der Waals surface area (Å²) in [5, 5.41) is 4.02. The molecule has 98 valence electrons. The van der Waals surface area contributed by atoms with E-state index in [9.17, 15) is 4.79 Å². The Labute approximate surface area is 111 Å². The highest BCUT2D eigenvalue weighted by Crippen LogP contribution is 2.35. The van der Waals surface area contributed by atoms with Gasteiger partial charge in [0.2, 0.25) is 11.7 Å². The molecule has 0 saturated heterocycles. The number of pyridine rings is 1. The van der Waals surface area contributed by atoms with Crippen LogP contribution in [0.3, 0.4) is 0 Å². The fourth-order valence-electron chi connectivity index (χ4n) is 2.58. The van der Waals surface area contributed by atoms with E-state index < -0.39 is 0 Å². The standard InChI is InChI=1S/C14H15N3O2/c1-9-8-11(18)2-3-12(9)14-16-13(17-19-14)10-4-6-15-7-5-10/h4-7,9,12H,2-3,8H2,1H3. The van der Waals surface area contributed by atoms with Crippen LogP contribution in [0.2, 0.25) is 0 Å². The molecule has 0 bridgehead atoms. The Morgan fingerprint density at radius 3 is 2.84 bits per heavy atom. The van der Waals surface area contributed by atoms with E-state index in [2.05, 4.69) is 22.0 Å². The van der Waals surface area contributed by atoms with Gasteiger partial charge in [-0.2, -0.15) is 4.98 Å². The van der Waals surface area contributed by atoms with Gasteiger partial charge in [0.05, 0.1) is 0 Å². The summed E-state index contributed by atoms with van der Waals surface area (Å²) in [5.74, 6) is 2.03. The van der Waals surface area contributed by atoms with Crippen LogP contribution < -0.4 is 0 Å². The van der Waals surface area contributed by atoms with Crippen LogP contribution in [0.25, 0.3) is 11.4 Å². The van der Waals surface area contributed by atoms with Crippen LogP contribution in [-0.2, 0) is 4.79 Å². The highest BCUT2D eigenvalue weighted by atomic mass is 16.5. The lowest BCUT2D eigenvalue weighted by Gasteiger charge is -2.24. The molecule has 5 heteroatoms. The van der Waals surface area contributed by atoms with Gasteiger partial charge < -0.3 is 4.52 Å². The molecule has 5 nitrogen and oxygen atoms in total. The minimum absolute atomic E-state index is 0.195. The maximum absolute atomic E-state index is 11.4. The Morgan fingerprint density at radius 1 is 1.32 bits per heavy atom. The highest BCUT2D eigenvalue weighted by Gasteiger charge is 2.31. The van der Waals surface area contributed by atoms with Crippen LogP contribution in [0, 0.1) is 5.92 Å². The number of ketones is 1. The minimum Gasteiger partial charge on any atom is -0.339 e. The molecule has 1 fully saturated rings. The predicted molar refractivity (Wildman–Crippen MR) is 68.3 cm³/mol. The first kappa shape index (κ1) is 12.0. The van der Waals surface area contributed by atoms with Gasteiger partial charge in [-0.3, -0.25) is 9.78 Å². The quantitative estimate of drug-likeness (QED) is 0.827. The Bertz CT molecular complexity index is 579. The number of carbonyl (C=O) groups excluding carboxylic acids is 1. The number of Topliss-reactive ketones (excluding diaryl/α,β-unsaturated/α-hetero) is 1. The monoisotopic (exact) mass is 257 g/mol. The molecular formula is C14H15N3O2. The van der Waals surface area contributed by atoms with E-state index >= 15 is 0 Å². The SMILES string of the molecule is CC1CC(=O)CCC1c1nc(-c2ccncc2)no1. The molecule has 1 aliphatic carbocycles. The number of carbonyl (C=O) groups is 1. The van der Waals surface area contributed by atoms with Crippen LogP contribution in [0.1, 0.15) is 38.0 Å². The third-order valence-corrected chi connectivity index (χ3v) is 3.67. The average molecular weight is 257 g/mol. The van der Waals surface area contributed by atoms with E-state index in [0.29, 0.717) is 30.3 Å². The van der Waals surface area contributed by atoms with Crippen molar-refractivity contribution in [2.45, 2.75) is 32.1 Å². The number of aromatic nitrogens is 3. The molecule has 0 aromatic carbocycles.